The van der Waals surface area contributed by atoms with E-state index in [1.54, 1.807) is 18.3 Å². The number of carboxylic acids is 1. The highest BCUT2D eigenvalue weighted by Crippen LogP contribution is 2.30. The Bertz CT molecular complexity index is 1240. The van der Waals surface area contributed by atoms with Crippen molar-refractivity contribution >= 4 is 23.4 Å². The molecule has 1 atom stereocenters. The van der Waals surface area contributed by atoms with Crippen molar-refractivity contribution in [1.29, 1.82) is 0 Å². The Morgan fingerprint density at radius 3 is 2.50 bits per heavy atom. The number of aromatic hydroxyl groups is 1. The molecule has 190 valence electrons. The quantitative estimate of drug-likeness (QED) is 0.236. The van der Waals surface area contributed by atoms with E-state index in [2.05, 4.69) is 15.6 Å². The molecular formula is C27H32N4O5. The van der Waals surface area contributed by atoms with Crippen LogP contribution in [0.3, 0.4) is 0 Å². The van der Waals surface area contributed by atoms with Crippen molar-refractivity contribution in [1.82, 2.24) is 10.3 Å². The number of carbonyl (C=O) groups is 2. The number of nitrogen functional groups attached to an aromatic ring is 1. The summed E-state index contributed by atoms with van der Waals surface area (Å²) in [5.41, 5.74) is 8.10. The van der Waals surface area contributed by atoms with E-state index in [1.807, 2.05) is 38.1 Å². The first-order valence-electron chi connectivity index (χ1n) is 11.5. The monoisotopic (exact) mass is 492 g/mol. The van der Waals surface area contributed by atoms with Crippen LogP contribution in [0, 0.1) is 6.92 Å². The SMILES string of the molecule is Cc1c(C(=O)O)ccc(NC(=O)Cc2cccc(CC(C)(C)NC[C@H](O)c3ccc(N)nc3)c2)c1O. The van der Waals surface area contributed by atoms with Crippen molar-refractivity contribution in [2.45, 2.75) is 45.3 Å². The number of carboxylic acid groups (broad SMARTS) is 1. The molecule has 0 aliphatic rings. The number of nitrogens with two attached hydrogens (primary N) is 1. The number of benzene rings is 2. The molecule has 0 aliphatic carbocycles. The van der Waals surface area contributed by atoms with Gasteiger partial charge in [0.15, 0.2) is 0 Å². The summed E-state index contributed by atoms with van der Waals surface area (Å²) in [6.45, 7) is 5.89. The third-order valence-corrected chi connectivity index (χ3v) is 5.91. The fourth-order valence-electron chi connectivity index (χ4n) is 3.94. The van der Waals surface area contributed by atoms with Gasteiger partial charge in [-0.25, -0.2) is 9.78 Å². The largest absolute Gasteiger partial charge is 0.505 e. The fourth-order valence-corrected chi connectivity index (χ4v) is 3.94. The molecule has 0 aliphatic heterocycles. The second kappa shape index (κ2) is 11.2. The maximum atomic E-state index is 12.6. The molecule has 0 saturated carbocycles. The molecular weight excluding hydrogens is 460 g/mol. The number of phenolic OH excluding ortho intramolecular Hbond substituents is 1. The van der Waals surface area contributed by atoms with Crippen molar-refractivity contribution < 1.29 is 24.9 Å². The topological polar surface area (TPSA) is 158 Å². The van der Waals surface area contributed by atoms with Crippen LogP contribution in [0.2, 0.25) is 0 Å². The summed E-state index contributed by atoms with van der Waals surface area (Å²) in [5.74, 6) is -1.34. The summed E-state index contributed by atoms with van der Waals surface area (Å²) in [7, 11) is 0. The van der Waals surface area contributed by atoms with Gasteiger partial charge >= 0.3 is 5.97 Å². The van der Waals surface area contributed by atoms with Gasteiger partial charge in [-0.1, -0.05) is 30.3 Å². The van der Waals surface area contributed by atoms with E-state index in [0.717, 1.165) is 11.1 Å². The number of aromatic nitrogens is 1. The number of aliphatic hydroxyl groups is 1. The molecule has 7 N–H and O–H groups in total. The lowest BCUT2D eigenvalue weighted by Gasteiger charge is -2.28. The van der Waals surface area contributed by atoms with Gasteiger partial charge in [0.25, 0.3) is 0 Å². The minimum Gasteiger partial charge on any atom is -0.505 e. The van der Waals surface area contributed by atoms with Crippen LogP contribution in [0.15, 0.2) is 54.7 Å². The normalized spacial score (nSPS) is 12.2. The lowest BCUT2D eigenvalue weighted by molar-refractivity contribution is -0.115. The smallest absolute Gasteiger partial charge is 0.336 e. The maximum absolute atomic E-state index is 12.6. The van der Waals surface area contributed by atoms with Gasteiger partial charge in [0, 0.05) is 29.4 Å². The molecule has 0 spiro atoms. The number of nitrogens with one attached hydrogen (secondary N) is 2. The number of nitrogens with zero attached hydrogens (tertiary/aromatic N) is 1. The van der Waals surface area contributed by atoms with Gasteiger partial charge < -0.3 is 31.7 Å². The molecule has 3 aromatic rings. The highest BCUT2D eigenvalue weighted by atomic mass is 16.4. The van der Waals surface area contributed by atoms with Crippen molar-refractivity contribution in [3.63, 3.8) is 0 Å². The van der Waals surface area contributed by atoms with Crippen LogP contribution in [-0.2, 0) is 17.6 Å². The summed E-state index contributed by atoms with van der Waals surface area (Å²) in [6, 6.07) is 13.8. The molecule has 0 saturated heterocycles. The number of rotatable bonds is 10. The zero-order valence-corrected chi connectivity index (χ0v) is 20.6. The van der Waals surface area contributed by atoms with Crippen molar-refractivity contribution in [3.05, 3.63) is 82.5 Å². The molecule has 36 heavy (non-hydrogen) atoms. The minimum atomic E-state index is -1.15. The predicted octanol–water partition coefficient (Wildman–Crippen LogP) is 3.20. The number of amides is 1. The molecule has 9 heteroatoms. The molecule has 1 amide bonds. The van der Waals surface area contributed by atoms with Gasteiger partial charge in [-0.15, -0.1) is 0 Å². The molecule has 2 aromatic carbocycles. The van der Waals surface area contributed by atoms with Crippen LogP contribution in [0.5, 0.6) is 5.75 Å². The fraction of sp³-hybridized carbons (Fsp3) is 0.296. The van der Waals surface area contributed by atoms with E-state index in [1.165, 1.54) is 19.1 Å². The molecule has 1 heterocycles. The second-order valence-electron chi connectivity index (χ2n) is 9.46. The summed E-state index contributed by atoms with van der Waals surface area (Å²) in [5, 5.41) is 35.9. The van der Waals surface area contributed by atoms with Crippen LogP contribution in [-0.4, -0.2) is 44.3 Å². The van der Waals surface area contributed by atoms with E-state index in [9.17, 15) is 19.8 Å². The standard InChI is InChI=1S/C27H32N4O5/c1-16-20(26(35)36)8-9-21(25(16)34)31-24(33)12-17-5-4-6-18(11-17)13-27(2,3)30-15-22(32)19-7-10-23(28)29-14-19/h4-11,14,22,30,32,34H,12-13,15H2,1-3H3,(H2,28,29)(H,31,33)(H,35,36)/t22-/m0/s1. The third kappa shape index (κ3) is 7.03. The summed E-state index contributed by atoms with van der Waals surface area (Å²) in [6.07, 6.45) is 1.58. The first kappa shape index (κ1) is 26.7. The molecule has 0 unspecified atom stereocenters. The minimum absolute atomic E-state index is 0.0212. The van der Waals surface area contributed by atoms with Crippen LogP contribution in [0.1, 0.15) is 52.6 Å². The Hall–Kier alpha value is -3.95. The van der Waals surface area contributed by atoms with Gasteiger partial charge in [0.1, 0.15) is 11.6 Å². The molecule has 1 aromatic heterocycles. The Kier molecular flexibility index (Phi) is 8.29. The van der Waals surface area contributed by atoms with Gasteiger partial charge in [-0.2, -0.15) is 0 Å². The van der Waals surface area contributed by atoms with Crippen molar-refractivity contribution in [3.8, 4) is 5.75 Å². The van der Waals surface area contributed by atoms with E-state index in [-0.39, 0.29) is 40.4 Å². The Morgan fingerprint density at radius 2 is 1.83 bits per heavy atom. The number of hydrogen-bond acceptors (Lipinski definition) is 7. The number of carbonyl (C=O) groups excluding carboxylic acids is 1. The maximum Gasteiger partial charge on any atom is 0.336 e. The van der Waals surface area contributed by atoms with Gasteiger partial charge in [0.2, 0.25) is 5.91 Å². The van der Waals surface area contributed by atoms with Crippen molar-refractivity contribution in [2.24, 2.45) is 0 Å². The van der Waals surface area contributed by atoms with Gasteiger partial charge in [-0.05, 0) is 56.5 Å². The van der Waals surface area contributed by atoms with E-state index >= 15 is 0 Å². The number of aliphatic hydroxyl groups excluding tert-OH is 1. The van der Waals surface area contributed by atoms with E-state index in [4.69, 9.17) is 10.8 Å². The molecule has 9 nitrogen and oxygen atoms in total. The van der Waals surface area contributed by atoms with Gasteiger partial charge in [-0.3, -0.25) is 4.79 Å². The second-order valence-corrected chi connectivity index (χ2v) is 9.46. The highest BCUT2D eigenvalue weighted by Gasteiger charge is 2.21. The highest BCUT2D eigenvalue weighted by molar-refractivity contribution is 5.96. The number of pyridine rings is 1. The van der Waals surface area contributed by atoms with Crippen LogP contribution >= 0.6 is 0 Å². The molecule has 0 radical (unpaired) electrons. The average Bonchev–Trinajstić information content (AvgIpc) is 2.81. The Balaban J connectivity index is 1.59. The third-order valence-electron chi connectivity index (χ3n) is 5.91. The summed E-state index contributed by atoms with van der Waals surface area (Å²) < 4.78 is 0. The first-order valence-corrected chi connectivity index (χ1v) is 11.5. The molecule has 3 rings (SSSR count). The Labute approximate surface area is 210 Å². The average molecular weight is 493 g/mol. The zero-order valence-electron chi connectivity index (χ0n) is 20.6. The number of aromatic carboxylic acids is 1. The van der Waals surface area contributed by atoms with Crippen LogP contribution in [0.4, 0.5) is 11.5 Å². The van der Waals surface area contributed by atoms with Crippen LogP contribution in [0.25, 0.3) is 0 Å². The summed E-state index contributed by atoms with van der Waals surface area (Å²) in [4.78, 5) is 27.8. The van der Waals surface area contributed by atoms with Crippen molar-refractivity contribution in [2.75, 3.05) is 17.6 Å². The number of phenols is 1. The molecule has 0 fully saturated rings. The number of anilines is 2. The molecule has 0 bridgehead atoms. The summed E-state index contributed by atoms with van der Waals surface area (Å²) >= 11 is 0. The lowest BCUT2D eigenvalue weighted by Crippen LogP contribution is -2.43. The predicted molar refractivity (Wildman–Crippen MR) is 138 cm³/mol. The number of β-amino-alcohol motifs (C(OH)–C–C–N with tert-alkyl or cyclic N) is 1. The van der Waals surface area contributed by atoms with Crippen LogP contribution < -0.4 is 16.4 Å². The van der Waals surface area contributed by atoms with Gasteiger partial charge in [0.05, 0.1) is 23.8 Å². The first-order chi connectivity index (χ1) is 16.9. The zero-order chi connectivity index (χ0) is 26.5. The van der Waals surface area contributed by atoms with E-state index in [0.29, 0.717) is 24.3 Å². The lowest BCUT2D eigenvalue weighted by atomic mass is 9.93. The Morgan fingerprint density at radius 1 is 1.11 bits per heavy atom. The number of hydrogen-bond donors (Lipinski definition) is 6. The van der Waals surface area contributed by atoms with E-state index < -0.39 is 12.1 Å².